The number of aromatic nitrogens is 1. The Labute approximate surface area is 139 Å². The molecular weight excluding hydrogens is 304 g/mol. The van der Waals surface area contributed by atoms with E-state index in [0.717, 1.165) is 29.8 Å². The summed E-state index contributed by atoms with van der Waals surface area (Å²) >= 11 is 0. The number of hydrogen-bond donors (Lipinski definition) is 2. The third-order valence-corrected chi connectivity index (χ3v) is 4.66. The number of aryl methyl sites for hydroxylation is 2. The van der Waals surface area contributed by atoms with Gasteiger partial charge in [-0.05, 0) is 61.6 Å². The summed E-state index contributed by atoms with van der Waals surface area (Å²) in [6, 6.07) is 7.21. The number of benzene rings is 1. The van der Waals surface area contributed by atoms with Gasteiger partial charge in [0, 0.05) is 22.6 Å². The van der Waals surface area contributed by atoms with Gasteiger partial charge in [0.2, 0.25) is 0 Å². The van der Waals surface area contributed by atoms with Crippen LogP contribution in [0.15, 0.2) is 24.3 Å². The lowest BCUT2D eigenvalue weighted by Crippen LogP contribution is -2.03. The van der Waals surface area contributed by atoms with E-state index in [1.807, 2.05) is 6.08 Å². The number of anilines is 1. The first-order valence-corrected chi connectivity index (χ1v) is 8.12. The number of hydrogen-bond acceptors (Lipinski definition) is 3. The Balaban J connectivity index is 1.75. The summed E-state index contributed by atoms with van der Waals surface area (Å²) in [5.41, 5.74) is 6.00. The minimum absolute atomic E-state index is 0.153. The number of aromatic amines is 1. The van der Waals surface area contributed by atoms with Crippen LogP contribution in [0.4, 0.5) is 5.69 Å². The summed E-state index contributed by atoms with van der Waals surface area (Å²) in [5, 5.41) is 2.84. The number of esters is 1. The number of fused-ring (bicyclic) bond motifs is 2. The Morgan fingerprint density at radius 3 is 2.83 bits per heavy atom. The molecule has 2 N–H and O–H groups in total. The standard InChI is InChI=1S/C19H18N2O3/c1-24-19(23)12-6-7-17-14(9-12)15(18(22)21-17)10-13-8-11-4-2-3-5-16(11)20-13/h6-10,20H,2-5H2,1H3,(H,21,22). The zero-order valence-electron chi connectivity index (χ0n) is 13.4. The van der Waals surface area contributed by atoms with Crippen molar-refractivity contribution in [3.8, 4) is 0 Å². The normalized spacial score (nSPS) is 17.4. The van der Waals surface area contributed by atoms with Crippen LogP contribution >= 0.6 is 0 Å². The molecule has 0 bridgehead atoms. The summed E-state index contributed by atoms with van der Waals surface area (Å²) in [6.45, 7) is 0. The highest BCUT2D eigenvalue weighted by Crippen LogP contribution is 2.34. The van der Waals surface area contributed by atoms with Crippen LogP contribution < -0.4 is 5.32 Å². The molecule has 2 aliphatic rings. The van der Waals surface area contributed by atoms with Gasteiger partial charge in [-0.15, -0.1) is 0 Å². The molecule has 1 aliphatic carbocycles. The Morgan fingerprint density at radius 1 is 1.21 bits per heavy atom. The number of carbonyl (C=O) groups is 2. The fraction of sp³-hybridized carbons (Fsp3) is 0.263. The fourth-order valence-corrected chi connectivity index (χ4v) is 3.44. The van der Waals surface area contributed by atoms with E-state index in [0.29, 0.717) is 11.1 Å². The SMILES string of the molecule is COC(=O)c1ccc2c(c1)C(=Cc1cc3c([nH]1)CCCC3)C(=O)N2. The van der Waals surface area contributed by atoms with E-state index in [1.54, 1.807) is 18.2 Å². The van der Waals surface area contributed by atoms with Gasteiger partial charge < -0.3 is 15.0 Å². The minimum atomic E-state index is -0.410. The number of H-pyrrole nitrogens is 1. The van der Waals surface area contributed by atoms with Crippen LogP contribution in [0.2, 0.25) is 0 Å². The third kappa shape index (κ3) is 2.42. The molecule has 2 heterocycles. The monoisotopic (exact) mass is 322 g/mol. The first-order chi connectivity index (χ1) is 11.7. The maximum Gasteiger partial charge on any atom is 0.337 e. The lowest BCUT2D eigenvalue weighted by Gasteiger charge is -2.08. The van der Waals surface area contributed by atoms with E-state index < -0.39 is 5.97 Å². The van der Waals surface area contributed by atoms with E-state index >= 15 is 0 Å². The molecule has 0 unspecified atom stereocenters. The fourth-order valence-electron chi connectivity index (χ4n) is 3.44. The molecule has 1 aromatic heterocycles. The first kappa shape index (κ1) is 14.8. The second-order valence-electron chi connectivity index (χ2n) is 6.20. The second kappa shape index (κ2) is 5.67. The molecule has 0 radical (unpaired) electrons. The highest BCUT2D eigenvalue weighted by Gasteiger charge is 2.26. The maximum absolute atomic E-state index is 12.3. The smallest absolute Gasteiger partial charge is 0.337 e. The van der Waals surface area contributed by atoms with E-state index in [9.17, 15) is 9.59 Å². The van der Waals surface area contributed by atoms with Crippen LogP contribution in [0, 0.1) is 0 Å². The van der Waals surface area contributed by atoms with Gasteiger partial charge in [-0.3, -0.25) is 4.79 Å². The van der Waals surface area contributed by atoms with Gasteiger partial charge in [0.05, 0.1) is 18.2 Å². The molecule has 122 valence electrons. The Hall–Kier alpha value is -2.82. The number of rotatable bonds is 2. The molecule has 0 fully saturated rings. The van der Waals surface area contributed by atoms with Gasteiger partial charge in [0.1, 0.15) is 0 Å². The maximum atomic E-state index is 12.3. The van der Waals surface area contributed by atoms with Crippen molar-refractivity contribution in [1.29, 1.82) is 0 Å². The molecule has 5 nitrogen and oxygen atoms in total. The van der Waals surface area contributed by atoms with Crippen LogP contribution in [0.3, 0.4) is 0 Å². The minimum Gasteiger partial charge on any atom is -0.465 e. The molecule has 4 rings (SSSR count). The molecule has 24 heavy (non-hydrogen) atoms. The van der Waals surface area contributed by atoms with Gasteiger partial charge in [0.15, 0.2) is 0 Å². The molecule has 5 heteroatoms. The van der Waals surface area contributed by atoms with Gasteiger partial charge in [-0.1, -0.05) is 0 Å². The van der Waals surface area contributed by atoms with Crippen LogP contribution in [0.5, 0.6) is 0 Å². The molecule has 1 amide bonds. The van der Waals surface area contributed by atoms with Crippen LogP contribution in [-0.4, -0.2) is 24.0 Å². The lowest BCUT2D eigenvalue weighted by atomic mass is 9.98. The molecular formula is C19H18N2O3. The Morgan fingerprint density at radius 2 is 2.04 bits per heavy atom. The molecule has 0 saturated heterocycles. The van der Waals surface area contributed by atoms with Gasteiger partial charge in [-0.25, -0.2) is 4.79 Å². The van der Waals surface area contributed by atoms with Crippen LogP contribution in [-0.2, 0) is 22.4 Å². The van der Waals surface area contributed by atoms with E-state index in [1.165, 1.54) is 31.2 Å². The number of nitrogens with one attached hydrogen (secondary N) is 2. The number of ether oxygens (including phenoxy) is 1. The molecule has 2 aromatic rings. The Bertz CT molecular complexity index is 853. The summed E-state index contributed by atoms with van der Waals surface area (Å²) in [5.74, 6) is -0.563. The highest BCUT2D eigenvalue weighted by atomic mass is 16.5. The molecule has 0 saturated carbocycles. The van der Waals surface area contributed by atoms with E-state index in [2.05, 4.69) is 16.4 Å². The van der Waals surface area contributed by atoms with Crippen molar-refractivity contribution in [3.63, 3.8) is 0 Å². The van der Waals surface area contributed by atoms with Crippen LogP contribution in [0.25, 0.3) is 11.6 Å². The summed E-state index contributed by atoms with van der Waals surface area (Å²) in [4.78, 5) is 27.5. The van der Waals surface area contributed by atoms with Crippen molar-refractivity contribution in [2.45, 2.75) is 25.7 Å². The number of methoxy groups -OCH3 is 1. The zero-order chi connectivity index (χ0) is 16.7. The average Bonchev–Trinajstić information content (AvgIpc) is 3.14. The first-order valence-electron chi connectivity index (χ1n) is 8.12. The van der Waals surface area contributed by atoms with Crippen LogP contribution in [0.1, 0.15) is 45.7 Å². The third-order valence-electron chi connectivity index (χ3n) is 4.66. The molecule has 1 aliphatic heterocycles. The largest absolute Gasteiger partial charge is 0.465 e. The summed E-state index contributed by atoms with van der Waals surface area (Å²) < 4.78 is 4.76. The summed E-state index contributed by atoms with van der Waals surface area (Å²) in [6.07, 6.45) is 6.43. The number of carbonyl (C=O) groups excluding carboxylic acids is 2. The summed E-state index contributed by atoms with van der Waals surface area (Å²) in [7, 11) is 1.35. The van der Waals surface area contributed by atoms with E-state index in [4.69, 9.17) is 4.74 Å². The Kier molecular flexibility index (Phi) is 3.49. The lowest BCUT2D eigenvalue weighted by molar-refractivity contribution is -0.110. The average molecular weight is 322 g/mol. The van der Waals surface area contributed by atoms with E-state index in [-0.39, 0.29) is 5.91 Å². The van der Waals surface area contributed by atoms with Crippen molar-refractivity contribution < 1.29 is 14.3 Å². The topological polar surface area (TPSA) is 71.2 Å². The van der Waals surface area contributed by atoms with Crippen molar-refractivity contribution >= 4 is 29.2 Å². The van der Waals surface area contributed by atoms with Crippen molar-refractivity contribution in [3.05, 3.63) is 52.3 Å². The highest BCUT2D eigenvalue weighted by molar-refractivity contribution is 6.35. The zero-order valence-corrected chi connectivity index (χ0v) is 13.4. The van der Waals surface area contributed by atoms with Gasteiger partial charge >= 0.3 is 5.97 Å². The van der Waals surface area contributed by atoms with Crippen molar-refractivity contribution in [2.75, 3.05) is 12.4 Å². The van der Waals surface area contributed by atoms with Gasteiger partial charge in [-0.2, -0.15) is 0 Å². The predicted octanol–water partition coefficient (Wildman–Crippen LogP) is 3.17. The van der Waals surface area contributed by atoms with Crippen molar-refractivity contribution in [1.82, 2.24) is 4.98 Å². The number of amides is 1. The molecule has 1 aromatic carbocycles. The second-order valence-corrected chi connectivity index (χ2v) is 6.20. The van der Waals surface area contributed by atoms with Crippen molar-refractivity contribution in [2.24, 2.45) is 0 Å². The quantitative estimate of drug-likeness (QED) is 0.659. The van der Waals surface area contributed by atoms with Gasteiger partial charge in [0.25, 0.3) is 5.91 Å². The molecule has 0 spiro atoms. The predicted molar refractivity (Wildman–Crippen MR) is 91.7 cm³/mol. The molecule has 0 atom stereocenters.